The first-order valence-corrected chi connectivity index (χ1v) is 8.19. The standard InChI is InChI=1S/C19H22N2O/c1-2-13-6-5-11-21-17(13)12-18(21)19(22)15-9-10-20-16-8-4-3-7-14(15)16/h2-4,7-10,13,17-19,22H,1,5-6,11-12H2/t13?,17?,18-,19+/m1/s1. The van der Waals surface area contributed by atoms with Crippen LogP contribution in [0.25, 0.3) is 10.9 Å². The van der Waals surface area contributed by atoms with Gasteiger partial charge in [0.25, 0.3) is 0 Å². The van der Waals surface area contributed by atoms with Crippen molar-refractivity contribution in [2.24, 2.45) is 5.92 Å². The Morgan fingerprint density at radius 2 is 2.18 bits per heavy atom. The summed E-state index contributed by atoms with van der Waals surface area (Å²) >= 11 is 0. The van der Waals surface area contributed by atoms with Gasteiger partial charge in [-0.15, -0.1) is 6.58 Å². The van der Waals surface area contributed by atoms with Crippen molar-refractivity contribution in [1.29, 1.82) is 0 Å². The molecule has 3 heteroatoms. The SMILES string of the molecule is C=CC1CCCN2C1C[C@@H]2[C@@H](O)c1ccnc2ccccc12. The maximum atomic E-state index is 10.9. The van der Waals surface area contributed by atoms with Crippen LogP contribution in [0.5, 0.6) is 0 Å². The van der Waals surface area contributed by atoms with Crippen molar-refractivity contribution in [3.63, 3.8) is 0 Å². The Bertz CT molecular complexity index is 693. The van der Waals surface area contributed by atoms with E-state index in [2.05, 4.69) is 28.6 Å². The summed E-state index contributed by atoms with van der Waals surface area (Å²) < 4.78 is 0. The van der Waals surface area contributed by atoms with Crippen LogP contribution < -0.4 is 0 Å². The quantitative estimate of drug-likeness (QED) is 0.882. The van der Waals surface area contributed by atoms with Crippen LogP contribution >= 0.6 is 0 Å². The number of para-hydroxylation sites is 1. The van der Waals surface area contributed by atoms with Crippen LogP contribution in [0.1, 0.15) is 30.9 Å². The molecule has 2 unspecified atom stereocenters. The molecule has 2 aliphatic rings. The molecule has 3 nitrogen and oxygen atoms in total. The molecule has 0 amide bonds. The lowest BCUT2D eigenvalue weighted by atomic mass is 9.74. The fourth-order valence-electron chi connectivity index (χ4n) is 4.25. The van der Waals surface area contributed by atoms with E-state index in [9.17, 15) is 5.11 Å². The van der Waals surface area contributed by atoms with E-state index in [1.54, 1.807) is 6.20 Å². The largest absolute Gasteiger partial charge is 0.387 e. The van der Waals surface area contributed by atoms with E-state index < -0.39 is 6.10 Å². The smallest absolute Gasteiger partial charge is 0.0952 e. The van der Waals surface area contributed by atoms with Gasteiger partial charge in [-0.2, -0.15) is 0 Å². The van der Waals surface area contributed by atoms with Gasteiger partial charge in [-0.1, -0.05) is 24.3 Å². The van der Waals surface area contributed by atoms with Crippen LogP contribution in [0.15, 0.2) is 49.2 Å². The number of piperidine rings is 1. The second kappa shape index (κ2) is 5.49. The lowest BCUT2D eigenvalue weighted by Gasteiger charge is -2.56. The predicted molar refractivity (Wildman–Crippen MR) is 88.5 cm³/mol. The van der Waals surface area contributed by atoms with Crippen molar-refractivity contribution in [1.82, 2.24) is 9.88 Å². The molecule has 114 valence electrons. The first-order chi connectivity index (χ1) is 10.8. The molecule has 1 aromatic carbocycles. The summed E-state index contributed by atoms with van der Waals surface area (Å²) in [6.07, 6.45) is 6.97. The third-order valence-electron chi connectivity index (χ3n) is 5.45. The van der Waals surface area contributed by atoms with Gasteiger partial charge < -0.3 is 5.11 Å². The van der Waals surface area contributed by atoms with Crippen LogP contribution in [-0.2, 0) is 0 Å². The van der Waals surface area contributed by atoms with E-state index in [4.69, 9.17) is 0 Å². The third kappa shape index (κ3) is 2.08. The van der Waals surface area contributed by atoms with Crippen molar-refractivity contribution in [2.45, 2.75) is 37.5 Å². The number of nitrogens with zero attached hydrogens (tertiary/aromatic N) is 2. The number of hydrogen-bond donors (Lipinski definition) is 1. The molecule has 2 fully saturated rings. The van der Waals surface area contributed by atoms with Crippen molar-refractivity contribution in [3.05, 3.63) is 54.7 Å². The number of aliphatic hydroxyl groups is 1. The maximum absolute atomic E-state index is 10.9. The van der Waals surface area contributed by atoms with Gasteiger partial charge in [0, 0.05) is 23.7 Å². The number of pyridine rings is 1. The molecule has 2 saturated heterocycles. The van der Waals surface area contributed by atoms with Gasteiger partial charge in [0.2, 0.25) is 0 Å². The van der Waals surface area contributed by atoms with Crippen molar-refractivity contribution in [3.8, 4) is 0 Å². The minimum absolute atomic E-state index is 0.235. The summed E-state index contributed by atoms with van der Waals surface area (Å²) in [7, 11) is 0. The van der Waals surface area contributed by atoms with Crippen molar-refractivity contribution < 1.29 is 5.11 Å². The van der Waals surface area contributed by atoms with Crippen LogP contribution in [0.2, 0.25) is 0 Å². The van der Waals surface area contributed by atoms with Gasteiger partial charge >= 0.3 is 0 Å². The zero-order valence-corrected chi connectivity index (χ0v) is 12.7. The topological polar surface area (TPSA) is 36.4 Å². The number of hydrogen-bond acceptors (Lipinski definition) is 3. The maximum Gasteiger partial charge on any atom is 0.0952 e. The molecule has 1 aromatic heterocycles. The van der Waals surface area contributed by atoms with Crippen LogP contribution in [0.3, 0.4) is 0 Å². The van der Waals surface area contributed by atoms with Gasteiger partial charge in [0.15, 0.2) is 0 Å². The number of benzene rings is 1. The molecular formula is C19H22N2O. The molecule has 0 bridgehead atoms. The Hall–Kier alpha value is -1.71. The average molecular weight is 294 g/mol. The van der Waals surface area contributed by atoms with E-state index in [1.165, 1.54) is 12.8 Å². The van der Waals surface area contributed by atoms with Crippen molar-refractivity contribution >= 4 is 10.9 Å². The molecule has 0 spiro atoms. The summed E-state index contributed by atoms with van der Waals surface area (Å²) in [6, 6.07) is 10.8. The summed E-state index contributed by atoms with van der Waals surface area (Å²) in [5.74, 6) is 0.589. The first kappa shape index (κ1) is 13.9. The molecule has 0 radical (unpaired) electrons. The summed E-state index contributed by atoms with van der Waals surface area (Å²) in [5.41, 5.74) is 1.97. The van der Waals surface area contributed by atoms with Gasteiger partial charge in [0.05, 0.1) is 11.6 Å². The van der Waals surface area contributed by atoms with E-state index >= 15 is 0 Å². The number of aromatic nitrogens is 1. The monoisotopic (exact) mass is 294 g/mol. The molecule has 4 rings (SSSR count). The highest BCUT2D eigenvalue weighted by Crippen LogP contribution is 2.43. The fourth-order valence-corrected chi connectivity index (χ4v) is 4.25. The van der Waals surface area contributed by atoms with Gasteiger partial charge in [-0.3, -0.25) is 9.88 Å². The Balaban J connectivity index is 1.62. The molecule has 4 atom stereocenters. The minimum atomic E-state index is -0.437. The number of fused-ring (bicyclic) bond motifs is 2. The van der Waals surface area contributed by atoms with E-state index in [-0.39, 0.29) is 6.04 Å². The Kier molecular flexibility index (Phi) is 3.47. The highest BCUT2D eigenvalue weighted by molar-refractivity contribution is 5.82. The average Bonchev–Trinajstić information content (AvgIpc) is 2.55. The fraction of sp³-hybridized carbons (Fsp3) is 0.421. The summed E-state index contributed by atoms with van der Waals surface area (Å²) in [4.78, 5) is 6.88. The highest BCUT2D eigenvalue weighted by atomic mass is 16.3. The van der Waals surface area contributed by atoms with Gasteiger partial charge in [-0.05, 0) is 49.4 Å². The van der Waals surface area contributed by atoms with Crippen LogP contribution in [-0.4, -0.2) is 33.6 Å². The zero-order valence-electron chi connectivity index (χ0n) is 12.7. The Morgan fingerprint density at radius 3 is 3.05 bits per heavy atom. The molecule has 2 aromatic rings. The second-order valence-electron chi connectivity index (χ2n) is 6.51. The third-order valence-corrected chi connectivity index (χ3v) is 5.45. The number of aliphatic hydroxyl groups excluding tert-OH is 1. The van der Waals surface area contributed by atoms with Gasteiger partial charge in [-0.25, -0.2) is 0 Å². The van der Waals surface area contributed by atoms with Crippen molar-refractivity contribution in [2.75, 3.05) is 6.54 Å². The molecule has 2 aliphatic heterocycles. The summed E-state index contributed by atoms with van der Waals surface area (Å²) in [6.45, 7) is 5.07. The molecule has 0 saturated carbocycles. The van der Waals surface area contributed by atoms with Crippen LogP contribution in [0.4, 0.5) is 0 Å². The highest BCUT2D eigenvalue weighted by Gasteiger charge is 2.47. The van der Waals surface area contributed by atoms with E-state index in [1.807, 2.05) is 24.3 Å². The molecule has 3 heterocycles. The minimum Gasteiger partial charge on any atom is -0.387 e. The lowest BCUT2D eigenvalue weighted by Crippen LogP contribution is -2.62. The van der Waals surface area contributed by atoms with E-state index in [0.29, 0.717) is 12.0 Å². The Labute approximate surface area is 131 Å². The van der Waals surface area contributed by atoms with Gasteiger partial charge in [0.1, 0.15) is 0 Å². The molecular weight excluding hydrogens is 272 g/mol. The summed E-state index contributed by atoms with van der Waals surface area (Å²) in [5, 5.41) is 12.0. The molecule has 1 N–H and O–H groups in total. The number of rotatable bonds is 3. The first-order valence-electron chi connectivity index (χ1n) is 8.19. The molecule has 0 aliphatic carbocycles. The zero-order chi connectivity index (χ0) is 15.1. The molecule has 22 heavy (non-hydrogen) atoms. The lowest BCUT2D eigenvalue weighted by molar-refractivity contribution is -0.0923. The predicted octanol–water partition coefficient (Wildman–Crippen LogP) is 3.31. The van der Waals surface area contributed by atoms with E-state index in [0.717, 1.165) is 29.4 Å². The Morgan fingerprint density at radius 1 is 1.32 bits per heavy atom. The normalized spacial score (nSPS) is 29.6. The second-order valence-corrected chi connectivity index (χ2v) is 6.51. The van der Waals surface area contributed by atoms with Crippen LogP contribution in [0, 0.1) is 5.92 Å².